The Hall–Kier alpha value is -2.87. The van der Waals surface area contributed by atoms with E-state index in [1.807, 2.05) is 4.57 Å². The topological polar surface area (TPSA) is 79.2 Å². The van der Waals surface area contributed by atoms with Crippen LogP contribution >= 0.6 is 0 Å². The van der Waals surface area contributed by atoms with Crippen LogP contribution in [0.5, 0.6) is 0 Å². The lowest BCUT2D eigenvalue weighted by Crippen LogP contribution is -2.46. The van der Waals surface area contributed by atoms with Gasteiger partial charge < -0.3 is 9.47 Å². The minimum Gasteiger partial charge on any atom is -0.340 e. The Bertz CT molecular complexity index is 1160. The lowest BCUT2D eigenvalue weighted by molar-refractivity contribution is 0.248. The average Bonchev–Trinajstić information content (AvgIpc) is 3.13. The van der Waals surface area contributed by atoms with Gasteiger partial charge in [0, 0.05) is 46.3 Å². The molecular weight excluding hydrogens is 392 g/mol. The van der Waals surface area contributed by atoms with Crippen molar-refractivity contribution in [2.75, 3.05) is 31.1 Å². The summed E-state index contributed by atoms with van der Waals surface area (Å²) in [7, 11) is 1.66. The molecule has 0 radical (unpaired) electrons. The first-order valence-corrected chi connectivity index (χ1v) is 11.1. The van der Waals surface area contributed by atoms with E-state index in [1.165, 1.54) is 15.7 Å². The maximum absolute atomic E-state index is 12.6. The highest BCUT2D eigenvalue weighted by atomic mass is 16.2. The predicted octanol–water partition coefficient (Wildman–Crippen LogP) is 2.10. The van der Waals surface area contributed by atoms with E-state index in [0.29, 0.717) is 23.6 Å². The van der Waals surface area contributed by atoms with Crippen molar-refractivity contribution in [1.82, 2.24) is 24.0 Å². The van der Waals surface area contributed by atoms with Crippen molar-refractivity contribution in [2.45, 2.75) is 40.3 Å². The number of aromatic amines is 1. The molecule has 1 aromatic carbocycles. The Labute approximate surface area is 182 Å². The van der Waals surface area contributed by atoms with E-state index < -0.39 is 5.69 Å². The zero-order valence-corrected chi connectivity index (χ0v) is 18.9. The molecule has 0 amide bonds. The Morgan fingerprint density at radius 1 is 1.06 bits per heavy atom. The van der Waals surface area contributed by atoms with Crippen molar-refractivity contribution < 1.29 is 0 Å². The van der Waals surface area contributed by atoms with E-state index in [-0.39, 0.29) is 5.56 Å². The fourth-order valence-electron chi connectivity index (χ4n) is 4.12. The van der Waals surface area contributed by atoms with Gasteiger partial charge in [0.1, 0.15) is 0 Å². The molecule has 1 N–H and O–H groups in total. The van der Waals surface area contributed by atoms with Crippen molar-refractivity contribution >= 4 is 17.1 Å². The summed E-state index contributed by atoms with van der Waals surface area (Å²) >= 11 is 0. The number of fused-ring (bicyclic) bond motifs is 1. The van der Waals surface area contributed by atoms with Gasteiger partial charge in [0.25, 0.3) is 5.56 Å². The van der Waals surface area contributed by atoms with Crippen LogP contribution in [0.4, 0.5) is 5.95 Å². The summed E-state index contributed by atoms with van der Waals surface area (Å²) in [6.07, 6.45) is 0.939. The number of nitrogens with zero attached hydrogens (tertiary/aromatic N) is 5. The molecule has 8 nitrogen and oxygen atoms in total. The van der Waals surface area contributed by atoms with E-state index in [9.17, 15) is 9.59 Å². The number of imidazole rings is 1. The molecule has 3 heterocycles. The van der Waals surface area contributed by atoms with Crippen molar-refractivity contribution in [2.24, 2.45) is 13.0 Å². The highest BCUT2D eigenvalue weighted by Gasteiger charge is 2.25. The van der Waals surface area contributed by atoms with Crippen molar-refractivity contribution in [3.8, 4) is 0 Å². The average molecular weight is 425 g/mol. The SMILES string of the molecule is Cc1ccc(CN2CCN(c3nc4c(c(=O)[nH]c(=O)n4C)n3CCC(C)C)CC2)cc1. The Kier molecular flexibility index (Phi) is 6.00. The second kappa shape index (κ2) is 8.70. The fourth-order valence-corrected chi connectivity index (χ4v) is 4.12. The molecule has 0 bridgehead atoms. The summed E-state index contributed by atoms with van der Waals surface area (Å²) in [5.41, 5.74) is 2.75. The maximum Gasteiger partial charge on any atom is 0.329 e. The molecule has 1 aliphatic rings. The first-order chi connectivity index (χ1) is 14.8. The van der Waals surface area contributed by atoms with Gasteiger partial charge >= 0.3 is 5.69 Å². The molecule has 0 saturated carbocycles. The summed E-state index contributed by atoms with van der Waals surface area (Å²) in [5.74, 6) is 1.29. The molecule has 2 aromatic heterocycles. The summed E-state index contributed by atoms with van der Waals surface area (Å²) in [6, 6.07) is 8.70. The van der Waals surface area contributed by atoms with Gasteiger partial charge in [0.15, 0.2) is 11.2 Å². The molecule has 3 aromatic rings. The monoisotopic (exact) mass is 424 g/mol. The van der Waals surface area contributed by atoms with E-state index >= 15 is 0 Å². The highest BCUT2D eigenvalue weighted by molar-refractivity contribution is 5.74. The number of aryl methyl sites for hydroxylation is 3. The van der Waals surface area contributed by atoms with Crippen LogP contribution in [0, 0.1) is 12.8 Å². The minimum absolute atomic E-state index is 0.362. The number of anilines is 1. The lowest BCUT2D eigenvalue weighted by Gasteiger charge is -2.35. The molecule has 0 atom stereocenters. The third kappa shape index (κ3) is 4.44. The molecule has 0 unspecified atom stereocenters. The Balaban J connectivity index is 1.59. The maximum atomic E-state index is 12.6. The van der Waals surface area contributed by atoms with Crippen LogP contribution in [0.3, 0.4) is 0 Å². The molecule has 166 valence electrons. The lowest BCUT2D eigenvalue weighted by atomic mass is 10.1. The fraction of sp³-hybridized carbons (Fsp3) is 0.522. The number of nitrogens with one attached hydrogen (secondary N) is 1. The van der Waals surface area contributed by atoms with Crippen LogP contribution < -0.4 is 16.1 Å². The van der Waals surface area contributed by atoms with Gasteiger partial charge in [-0.3, -0.25) is 19.2 Å². The molecule has 1 saturated heterocycles. The number of hydrogen-bond donors (Lipinski definition) is 1. The second-order valence-corrected chi connectivity index (χ2v) is 8.99. The summed E-state index contributed by atoms with van der Waals surface area (Å²) in [6.45, 7) is 11.6. The molecule has 1 aliphatic heterocycles. The minimum atomic E-state index is -0.430. The van der Waals surface area contributed by atoms with Gasteiger partial charge in [0.05, 0.1) is 0 Å². The number of piperazine rings is 1. The third-order valence-electron chi connectivity index (χ3n) is 6.10. The zero-order chi connectivity index (χ0) is 22.1. The van der Waals surface area contributed by atoms with Crippen LogP contribution in [0.25, 0.3) is 11.2 Å². The summed E-state index contributed by atoms with van der Waals surface area (Å²) in [4.78, 5) is 36.6. The number of benzene rings is 1. The van der Waals surface area contributed by atoms with Crippen molar-refractivity contribution in [1.29, 1.82) is 0 Å². The Morgan fingerprint density at radius 3 is 2.39 bits per heavy atom. The van der Waals surface area contributed by atoms with Gasteiger partial charge in [0.2, 0.25) is 5.95 Å². The van der Waals surface area contributed by atoms with Crippen molar-refractivity contribution in [3.63, 3.8) is 0 Å². The van der Waals surface area contributed by atoms with Crippen LogP contribution in [0.15, 0.2) is 33.9 Å². The smallest absolute Gasteiger partial charge is 0.329 e. The van der Waals surface area contributed by atoms with E-state index in [0.717, 1.165) is 45.1 Å². The predicted molar refractivity (Wildman–Crippen MR) is 124 cm³/mol. The van der Waals surface area contributed by atoms with Crippen LogP contribution in [-0.4, -0.2) is 50.2 Å². The summed E-state index contributed by atoms with van der Waals surface area (Å²) in [5, 5.41) is 0. The molecule has 0 spiro atoms. The second-order valence-electron chi connectivity index (χ2n) is 8.99. The molecule has 8 heteroatoms. The first kappa shape index (κ1) is 21.4. The van der Waals surface area contributed by atoms with Crippen molar-refractivity contribution in [3.05, 3.63) is 56.2 Å². The van der Waals surface area contributed by atoms with Gasteiger partial charge in [-0.1, -0.05) is 43.7 Å². The van der Waals surface area contributed by atoms with E-state index in [4.69, 9.17) is 4.98 Å². The zero-order valence-electron chi connectivity index (χ0n) is 18.9. The van der Waals surface area contributed by atoms with Crippen LogP contribution in [0.1, 0.15) is 31.4 Å². The molecule has 4 rings (SSSR count). The molecule has 0 aliphatic carbocycles. The summed E-state index contributed by atoms with van der Waals surface area (Å²) < 4.78 is 3.43. The largest absolute Gasteiger partial charge is 0.340 e. The normalized spacial score (nSPS) is 15.3. The van der Waals surface area contributed by atoms with Gasteiger partial charge in [-0.25, -0.2) is 4.79 Å². The van der Waals surface area contributed by atoms with E-state index in [2.05, 4.69) is 59.8 Å². The van der Waals surface area contributed by atoms with Gasteiger partial charge in [-0.15, -0.1) is 0 Å². The molecular formula is C23H32N6O2. The number of aromatic nitrogens is 4. The highest BCUT2D eigenvalue weighted by Crippen LogP contribution is 2.22. The van der Waals surface area contributed by atoms with Crippen LogP contribution in [-0.2, 0) is 20.1 Å². The molecule has 1 fully saturated rings. The van der Waals surface area contributed by atoms with Gasteiger partial charge in [-0.2, -0.15) is 4.98 Å². The number of rotatable bonds is 6. The number of H-pyrrole nitrogens is 1. The molecule has 31 heavy (non-hydrogen) atoms. The first-order valence-electron chi connectivity index (χ1n) is 11.1. The van der Waals surface area contributed by atoms with E-state index in [1.54, 1.807) is 7.05 Å². The quantitative estimate of drug-likeness (QED) is 0.656. The van der Waals surface area contributed by atoms with Gasteiger partial charge in [-0.05, 0) is 24.8 Å². The standard InChI is InChI=1S/C23H32N6O2/c1-16(2)9-10-29-19-20(26(4)23(31)25-21(19)30)24-22(29)28-13-11-27(12-14-28)15-18-7-5-17(3)6-8-18/h5-8,16H,9-15H2,1-4H3,(H,25,30,31). The Morgan fingerprint density at radius 2 is 1.74 bits per heavy atom. The van der Waals surface area contributed by atoms with Crippen LogP contribution in [0.2, 0.25) is 0 Å². The third-order valence-corrected chi connectivity index (χ3v) is 6.10. The number of hydrogen-bond acceptors (Lipinski definition) is 5.